The zero-order chi connectivity index (χ0) is 15.4. The van der Waals surface area contributed by atoms with E-state index < -0.39 is 0 Å². The summed E-state index contributed by atoms with van der Waals surface area (Å²) in [5, 5.41) is 4.42. The number of aromatic nitrogens is 2. The van der Waals surface area contributed by atoms with Crippen molar-refractivity contribution in [2.75, 3.05) is 7.11 Å². The molecule has 114 valence electrons. The zero-order valence-electron chi connectivity index (χ0n) is 13.1. The fourth-order valence-electron chi connectivity index (χ4n) is 2.28. The average Bonchev–Trinajstić information content (AvgIpc) is 2.84. The number of ether oxygens (including phenoxy) is 2. The minimum absolute atomic E-state index is 0.0938. The molecule has 0 bridgehead atoms. The van der Waals surface area contributed by atoms with E-state index in [9.17, 15) is 0 Å². The summed E-state index contributed by atoms with van der Waals surface area (Å²) in [6.07, 6.45) is 0. The van der Waals surface area contributed by atoms with Crippen LogP contribution >= 0.6 is 0 Å². The van der Waals surface area contributed by atoms with Crippen molar-refractivity contribution in [3.05, 3.63) is 41.2 Å². The molecule has 2 rings (SSSR count). The molecule has 2 N–H and O–H groups in total. The molecule has 0 saturated carbocycles. The number of methoxy groups -OCH3 is 1. The van der Waals surface area contributed by atoms with E-state index in [0.29, 0.717) is 6.61 Å². The Hall–Kier alpha value is -2.01. The maximum absolute atomic E-state index is 6.00. The predicted octanol–water partition coefficient (Wildman–Crippen LogP) is 2.82. The van der Waals surface area contributed by atoms with Crippen molar-refractivity contribution >= 4 is 0 Å². The summed E-state index contributed by atoms with van der Waals surface area (Å²) in [5.41, 5.74) is 9.01. The molecule has 1 aromatic heterocycles. The molecule has 1 unspecified atom stereocenters. The second kappa shape index (κ2) is 6.63. The monoisotopic (exact) mass is 289 g/mol. The zero-order valence-corrected chi connectivity index (χ0v) is 13.1. The van der Waals surface area contributed by atoms with Gasteiger partial charge in [0.05, 0.1) is 18.5 Å². The summed E-state index contributed by atoms with van der Waals surface area (Å²) < 4.78 is 13.2. The molecule has 0 aliphatic heterocycles. The summed E-state index contributed by atoms with van der Waals surface area (Å²) in [5.74, 6) is 1.51. The van der Waals surface area contributed by atoms with Crippen LogP contribution in [0.5, 0.6) is 11.5 Å². The van der Waals surface area contributed by atoms with Gasteiger partial charge in [-0.2, -0.15) is 5.10 Å². The van der Waals surface area contributed by atoms with E-state index >= 15 is 0 Å². The molecular formula is C16H23N3O2. The number of rotatable bonds is 6. The van der Waals surface area contributed by atoms with Crippen LogP contribution in [-0.4, -0.2) is 16.9 Å². The topological polar surface area (TPSA) is 62.3 Å². The molecule has 1 aromatic carbocycles. The minimum Gasteiger partial charge on any atom is -0.497 e. The van der Waals surface area contributed by atoms with E-state index in [0.717, 1.165) is 35.0 Å². The van der Waals surface area contributed by atoms with Gasteiger partial charge in [0.25, 0.3) is 0 Å². The number of hydrogen-bond donors (Lipinski definition) is 1. The first-order valence-corrected chi connectivity index (χ1v) is 7.14. The maximum atomic E-state index is 6.00. The standard InChI is InChI=1S/C16H23N3O2/c1-5-19-13(8-11(2)18-19)10-21-16-9-14(20-4)6-7-15(16)12(3)17/h6-9,12H,5,10,17H2,1-4H3. The van der Waals surface area contributed by atoms with Crippen LogP contribution in [0.25, 0.3) is 0 Å². The first-order valence-electron chi connectivity index (χ1n) is 7.14. The quantitative estimate of drug-likeness (QED) is 0.888. The van der Waals surface area contributed by atoms with Crippen molar-refractivity contribution in [2.24, 2.45) is 5.73 Å². The molecular weight excluding hydrogens is 266 g/mol. The molecule has 1 atom stereocenters. The Labute approximate surface area is 125 Å². The SMILES string of the molecule is CCn1nc(C)cc1COc1cc(OC)ccc1C(C)N. The van der Waals surface area contributed by atoms with Crippen molar-refractivity contribution < 1.29 is 9.47 Å². The van der Waals surface area contributed by atoms with Gasteiger partial charge in [0.1, 0.15) is 18.1 Å². The van der Waals surface area contributed by atoms with Gasteiger partial charge in [-0.05, 0) is 32.9 Å². The molecule has 0 spiro atoms. The third kappa shape index (κ3) is 3.55. The molecule has 1 heterocycles. The van der Waals surface area contributed by atoms with Crippen LogP contribution in [0.3, 0.4) is 0 Å². The molecule has 5 nitrogen and oxygen atoms in total. The first kappa shape index (κ1) is 15.4. The van der Waals surface area contributed by atoms with Crippen LogP contribution in [0.15, 0.2) is 24.3 Å². The van der Waals surface area contributed by atoms with Gasteiger partial charge in [-0.15, -0.1) is 0 Å². The largest absolute Gasteiger partial charge is 0.497 e. The Kier molecular flexibility index (Phi) is 4.85. The van der Waals surface area contributed by atoms with E-state index in [1.54, 1.807) is 7.11 Å². The van der Waals surface area contributed by atoms with Gasteiger partial charge >= 0.3 is 0 Å². The van der Waals surface area contributed by atoms with Crippen LogP contribution in [0, 0.1) is 6.92 Å². The highest BCUT2D eigenvalue weighted by molar-refractivity contribution is 5.42. The van der Waals surface area contributed by atoms with E-state index in [1.807, 2.05) is 42.8 Å². The molecule has 5 heteroatoms. The summed E-state index contributed by atoms with van der Waals surface area (Å²) in [6.45, 7) is 7.27. The second-order valence-electron chi connectivity index (χ2n) is 5.07. The number of benzene rings is 1. The van der Waals surface area contributed by atoms with Crippen molar-refractivity contribution in [2.45, 2.75) is 40.0 Å². The van der Waals surface area contributed by atoms with Gasteiger partial charge in [-0.3, -0.25) is 4.68 Å². The van der Waals surface area contributed by atoms with Crippen molar-refractivity contribution in [1.29, 1.82) is 0 Å². The molecule has 0 aliphatic carbocycles. The number of nitrogens with zero attached hydrogens (tertiary/aromatic N) is 2. The third-order valence-corrected chi connectivity index (χ3v) is 3.37. The normalized spacial score (nSPS) is 12.2. The first-order chi connectivity index (χ1) is 10.0. The van der Waals surface area contributed by atoms with Gasteiger partial charge in [0, 0.05) is 24.2 Å². The number of nitrogens with two attached hydrogens (primary N) is 1. The van der Waals surface area contributed by atoms with Crippen LogP contribution < -0.4 is 15.2 Å². The highest BCUT2D eigenvalue weighted by Crippen LogP contribution is 2.29. The predicted molar refractivity (Wildman–Crippen MR) is 82.6 cm³/mol. The molecule has 0 fully saturated rings. The highest BCUT2D eigenvalue weighted by atomic mass is 16.5. The van der Waals surface area contributed by atoms with Gasteiger partial charge < -0.3 is 15.2 Å². The maximum Gasteiger partial charge on any atom is 0.130 e. The summed E-state index contributed by atoms with van der Waals surface area (Å²) in [7, 11) is 1.64. The smallest absolute Gasteiger partial charge is 0.130 e. The van der Waals surface area contributed by atoms with Gasteiger partial charge in [-0.1, -0.05) is 6.07 Å². The minimum atomic E-state index is -0.0938. The van der Waals surface area contributed by atoms with Crippen molar-refractivity contribution in [1.82, 2.24) is 9.78 Å². The molecule has 0 saturated heterocycles. The Morgan fingerprint density at radius 3 is 2.71 bits per heavy atom. The lowest BCUT2D eigenvalue weighted by atomic mass is 10.1. The van der Waals surface area contributed by atoms with Crippen LogP contribution in [0.1, 0.15) is 36.8 Å². The number of aryl methyl sites for hydroxylation is 2. The van der Waals surface area contributed by atoms with E-state index in [1.165, 1.54) is 0 Å². The van der Waals surface area contributed by atoms with Gasteiger partial charge in [0.15, 0.2) is 0 Å². The molecule has 21 heavy (non-hydrogen) atoms. The summed E-state index contributed by atoms with van der Waals surface area (Å²) >= 11 is 0. The molecule has 0 radical (unpaired) electrons. The lowest BCUT2D eigenvalue weighted by molar-refractivity contribution is 0.286. The Morgan fingerprint density at radius 1 is 1.33 bits per heavy atom. The van der Waals surface area contributed by atoms with Crippen molar-refractivity contribution in [3.8, 4) is 11.5 Å². The van der Waals surface area contributed by atoms with Crippen LogP contribution in [0.2, 0.25) is 0 Å². The lowest BCUT2D eigenvalue weighted by Gasteiger charge is -2.15. The average molecular weight is 289 g/mol. The van der Waals surface area contributed by atoms with Crippen molar-refractivity contribution in [3.63, 3.8) is 0 Å². The fourth-order valence-corrected chi connectivity index (χ4v) is 2.28. The summed E-state index contributed by atoms with van der Waals surface area (Å²) in [6, 6.07) is 7.66. The van der Waals surface area contributed by atoms with E-state index in [2.05, 4.69) is 12.0 Å². The molecule has 2 aromatic rings. The second-order valence-corrected chi connectivity index (χ2v) is 5.07. The van der Waals surface area contributed by atoms with Gasteiger partial charge in [-0.25, -0.2) is 0 Å². The summed E-state index contributed by atoms with van der Waals surface area (Å²) in [4.78, 5) is 0. The number of hydrogen-bond acceptors (Lipinski definition) is 4. The van der Waals surface area contributed by atoms with Crippen LogP contribution in [0.4, 0.5) is 0 Å². The Bertz CT molecular complexity index is 606. The Balaban J connectivity index is 2.21. The van der Waals surface area contributed by atoms with E-state index in [4.69, 9.17) is 15.2 Å². The van der Waals surface area contributed by atoms with E-state index in [-0.39, 0.29) is 6.04 Å². The molecule has 0 aliphatic rings. The fraction of sp³-hybridized carbons (Fsp3) is 0.438. The lowest BCUT2D eigenvalue weighted by Crippen LogP contribution is -2.10. The molecule has 0 amide bonds. The third-order valence-electron chi connectivity index (χ3n) is 3.37. The van der Waals surface area contributed by atoms with Gasteiger partial charge in [0.2, 0.25) is 0 Å². The Morgan fingerprint density at radius 2 is 2.10 bits per heavy atom. The highest BCUT2D eigenvalue weighted by Gasteiger charge is 2.11. The van der Waals surface area contributed by atoms with Crippen LogP contribution in [-0.2, 0) is 13.2 Å².